The van der Waals surface area contributed by atoms with E-state index in [0.717, 1.165) is 22.9 Å². The third-order valence-corrected chi connectivity index (χ3v) is 4.18. The first-order valence-corrected chi connectivity index (χ1v) is 7.36. The number of amidine groups is 1. The molecule has 0 saturated carbocycles. The van der Waals surface area contributed by atoms with Crippen molar-refractivity contribution in [3.8, 4) is 11.9 Å². The maximum absolute atomic E-state index is 9.31. The first kappa shape index (κ1) is 12.8. The summed E-state index contributed by atoms with van der Waals surface area (Å²) in [5.41, 5.74) is 2.71. The summed E-state index contributed by atoms with van der Waals surface area (Å²) < 4.78 is 3.21. The summed E-state index contributed by atoms with van der Waals surface area (Å²) in [6, 6.07) is 8.04. The van der Waals surface area contributed by atoms with Gasteiger partial charge in [0.05, 0.1) is 11.9 Å². The molecule has 0 atom stereocenters. The predicted molar refractivity (Wildman–Crippen MR) is 85.7 cm³/mol. The number of aromatic nitrogens is 5. The summed E-state index contributed by atoms with van der Waals surface area (Å²) in [4.78, 5) is 8.96. The van der Waals surface area contributed by atoms with E-state index in [1.165, 1.54) is 4.68 Å². The van der Waals surface area contributed by atoms with Crippen molar-refractivity contribution < 1.29 is 0 Å². The first-order chi connectivity index (χ1) is 11.8. The number of nitriles is 1. The molecule has 9 nitrogen and oxygen atoms in total. The number of aliphatic imine (C=N–C) groups is 1. The van der Waals surface area contributed by atoms with Crippen molar-refractivity contribution in [3.05, 3.63) is 48.0 Å². The number of rotatable bonds is 1. The molecule has 0 bridgehead atoms. The normalized spacial score (nSPS) is 14.8. The molecular formula is C15H11N9. The molecule has 0 amide bonds. The Hall–Kier alpha value is -3.67. The van der Waals surface area contributed by atoms with Crippen molar-refractivity contribution in [2.45, 2.75) is 6.92 Å². The largest absolute Gasteiger partial charge is 0.283 e. The monoisotopic (exact) mass is 317 g/mol. The summed E-state index contributed by atoms with van der Waals surface area (Å²) in [6.07, 6.45) is 5.58. The number of nitrogens with zero attached hydrogens (tertiary/aromatic N) is 9. The van der Waals surface area contributed by atoms with Crippen LogP contribution in [0.3, 0.4) is 0 Å². The molecule has 0 radical (unpaired) electrons. The third-order valence-electron chi connectivity index (χ3n) is 4.18. The molecule has 0 fully saturated rings. The zero-order chi connectivity index (χ0) is 16.3. The Morgan fingerprint density at radius 1 is 1.25 bits per heavy atom. The number of imidazole rings is 1. The molecule has 4 heterocycles. The van der Waals surface area contributed by atoms with Gasteiger partial charge in [-0.25, -0.2) is 20.0 Å². The molecule has 116 valence electrons. The molecule has 0 saturated heterocycles. The molecule has 9 heteroatoms. The highest BCUT2D eigenvalue weighted by atomic mass is 15.7. The third kappa shape index (κ3) is 1.46. The lowest BCUT2D eigenvalue weighted by Crippen LogP contribution is -2.46. The molecule has 2 aliphatic rings. The van der Waals surface area contributed by atoms with Gasteiger partial charge in [-0.2, -0.15) is 5.26 Å². The topological polar surface area (TPSA) is 91.2 Å². The van der Waals surface area contributed by atoms with Crippen molar-refractivity contribution >= 4 is 17.5 Å². The Balaban J connectivity index is 1.73. The summed E-state index contributed by atoms with van der Waals surface area (Å²) in [5.74, 6) is 2.28. The highest BCUT2D eigenvalue weighted by molar-refractivity contribution is 6.16. The van der Waals surface area contributed by atoms with E-state index < -0.39 is 0 Å². The van der Waals surface area contributed by atoms with Gasteiger partial charge < -0.3 is 0 Å². The molecule has 24 heavy (non-hydrogen) atoms. The number of hydrazine groups is 1. The fourth-order valence-electron chi connectivity index (χ4n) is 3.19. The van der Waals surface area contributed by atoms with Crippen LogP contribution in [-0.4, -0.2) is 37.0 Å². The zero-order valence-corrected chi connectivity index (χ0v) is 12.7. The molecular weight excluding hydrogens is 306 g/mol. The number of hydrogen-bond acceptors (Lipinski definition) is 7. The maximum Gasteiger partial charge on any atom is 0.210 e. The quantitative estimate of drug-likeness (QED) is 0.666. The SMILES string of the molecule is Cc1nnn(C#N)c1N1CN=C2c3ccccc3-n3cncc3N21. The Labute approximate surface area is 136 Å². The van der Waals surface area contributed by atoms with E-state index in [0.29, 0.717) is 18.2 Å². The van der Waals surface area contributed by atoms with Gasteiger partial charge in [-0.1, -0.05) is 17.3 Å². The number of benzene rings is 1. The fourth-order valence-corrected chi connectivity index (χ4v) is 3.19. The van der Waals surface area contributed by atoms with E-state index in [2.05, 4.69) is 20.3 Å². The Kier molecular flexibility index (Phi) is 2.36. The van der Waals surface area contributed by atoms with Crippen molar-refractivity contribution in [1.29, 1.82) is 5.26 Å². The average Bonchev–Trinajstić information content (AvgIpc) is 3.31. The van der Waals surface area contributed by atoms with Crippen molar-refractivity contribution in [1.82, 2.24) is 24.5 Å². The van der Waals surface area contributed by atoms with Gasteiger partial charge in [0, 0.05) is 5.56 Å². The van der Waals surface area contributed by atoms with Crippen LogP contribution in [0.2, 0.25) is 0 Å². The molecule has 0 aliphatic carbocycles. The summed E-state index contributed by atoms with van der Waals surface area (Å²) >= 11 is 0. The maximum atomic E-state index is 9.31. The lowest BCUT2D eigenvalue weighted by molar-refractivity contribution is 0.771. The predicted octanol–water partition coefficient (Wildman–Crippen LogP) is 1.06. The summed E-state index contributed by atoms with van der Waals surface area (Å²) in [5, 5.41) is 21.0. The minimum Gasteiger partial charge on any atom is -0.283 e. The second-order valence-corrected chi connectivity index (χ2v) is 5.48. The fraction of sp³-hybridized carbons (Fsp3) is 0.133. The summed E-state index contributed by atoms with van der Waals surface area (Å²) in [6.45, 7) is 2.20. The standard InChI is InChI=1S/C15H11N9/c1-10-15(22(7-16)20-19-10)23-9-18-14-11-4-2-3-5-12(11)21-8-17-6-13(21)24(14)23/h2-6,8H,9H2,1H3. The first-order valence-electron chi connectivity index (χ1n) is 7.36. The van der Waals surface area contributed by atoms with Crippen molar-refractivity contribution in [2.24, 2.45) is 4.99 Å². The molecule has 0 unspecified atom stereocenters. The lowest BCUT2D eigenvalue weighted by Gasteiger charge is -2.34. The number of para-hydroxylation sites is 1. The highest BCUT2D eigenvalue weighted by Crippen LogP contribution is 2.36. The number of anilines is 2. The van der Waals surface area contributed by atoms with E-state index in [9.17, 15) is 5.26 Å². The van der Waals surface area contributed by atoms with Gasteiger partial charge >= 0.3 is 0 Å². The van der Waals surface area contributed by atoms with Crippen molar-refractivity contribution in [3.63, 3.8) is 0 Å². The number of aryl methyl sites for hydroxylation is 1. The smallest absolute Gasteiger partial charge is 0.210 e. The van der Waals surface area contributed by atoms with Gasteiger partial charge in [0.2, 0.25) is 6.19 Å². The van der Waals surface area contributed by atoms with Crippen LogP contribution >= 0.6 is 0 Å². The van der Waals surface area contributed by atoms with Crippen LogP contribution in [0.4, 0.5) is 11.6 Å². The van der Waals surface area contributed by atoms with E-state index in [1.54, 1.807) is 12.5 Å². The Morgan fingerprint density at radius 2 is 2.12 bits per heavy atom. The van der Waals surface area contributed by atoms with Gasteiger partial charge in [0.15, 0.2) is 17.5 Å². The molecule has 1 aromatic carbocycles. The Morgan fingerprint density at radius 3 is 3.00 bits per heavy atom. The number of fused-ring (bicyclic) bond motifs is 6. The molecule has 0 spiro atoms. The second-order valence-electron chi connectivity index (χ2n) is 5.48. The zero-order valence-electron chi connectivity index (χ0n) is 12.7. The molecule has 3 aromatic rings. The minimum absolute atomic E-state index is 0.380. The van der Waals surface area contributed by atoms with Crippen LogP contribution < -0.4 is 10.0 Å². The highest BCUT2D eigenvalue weighted by Gasteiger charge is 2.38. The van der Waals surface area contributed by atoms with Gasteiger partial charge in [0.25, 0.3) is 0 Å². The Bertz CT molecular complexity index is 1040. The van der Waals surface area contributed by atoms with Crippen molar-refractivity contribution in [2.75, 3.05) is 16.7 Å². The van der Waals surface area contributed by atoms with E-state index in [-0.39, 0.29) is 0 Å². The van der Waals surface area contributed by atoms with Crippen LogP contribution in [-0.2, 0) is 0 Å². The van der Waals surface area contributed by atoms with Gasteiger partial charge in [-0.3, -0.25) is 4.57 Å². The van der Waals surface area contributed by atoms with E-state index in [4.69, 9.17) is 0 Å². The summed E-state index contributed by atoms with van der Waals surface area (Å²) in [7, 11) is 0. The molecule has 0 N–H and O–H groups in total. The molecule has 2 aromatic heterocycles. The van der Waals surface area contributed by atoms with E-state index >= 15 is 0 Å². The average molecular weight is 317 g/mol. The van der Waals surface area contributed by atoms with Crippen LogP contribution in [0.25, 0.3) is 5.69 Å². The number of hydrogen-bond donors (Lipinski definition) is 0. The molecule has 2 aliphatic heterocycles. The van der Waals surface area contributed by atoms with E-state index in [1.807, 2.05) is 52.0 Å². The second kappa shape index (κ2) is 4.42. The minimum atomic E-state index is 0.380. The van der Waals surface area contributed by atoms with Crippen LogP contribution in [0.5, 0.6) is 0 Å². The lowest BCUT2D eigenvalue weighted by atomic mass is 10.1. The van der Waals surface area contributed by atoms with Gasteiger partial charge in [-0.05, 0) is 19.1 Å². The molecule has 5 rings (SSSR count). The van der Waals surface area contributed by atoms with Crippen LogP contribution in [0.15, 0.2) is 41.8 Å². The van der Waals surface area contributed by atoms with Gasteiger partial charge in [0.1, 0.15) is 18.7 Å². The van der Waals surface area contributed by atoms with Gasteiger partial charge in [-0.15, -0.1) is 9.78 Å². The van der Waals surface area contributed by atoms with Crippen LogP contribution in [0.1, 0.15) is 11.3 Å². The van der Waals surface area contributed by atoms with Crippen LogP contribution in [0, 0.1) is 18.4 Å².